The SMILES string of the molecule is COc1cccc(C=NNC(=O)CN(c2ccc(C)cc2C)S(=O)(=O)c2ccccc2)c1. The van der Waals surface area contributed by atoms with Crippen molar-refractivity contribution in [2.24, 2.45) is 5.10 Å². The molecular weight excluding hydrogens is 426 g/mol. The van der Waals surface area contributed by atoms with Crippen LogP contribution < -0.4 is 14.5 Å². The van der Waals surface area contributed by atoms with E-state index < -0.39 is 22.5 Å². The number of methoxy groups -OCH3 is 1. The van der Waals surface area contributed by atoms with E-state index in [0.29, 0.717) is 11.4 Å². The minimum absolute atomic E-state index is 0.104. The minimum Gasteiger partial charge on any atom is -0.497 e. The highest BCUT2D eigenvalue weighted by Gasteiger charge is 2.28. The molecule has 8 heteroatoms. The van der Waals surface area contributed by atoms with Crippen molar-refractivity contribution in [2.45, 2.75) is 18.7 Å². The zero-order valence-corrected chi connectivity index (χ0v) is 19.0. The average Bonchev–Trinajstić information content (AvgIpc) is 2.78. The van der Waals surface area contributed by atoms with Crippen molar-refractivity contribution in [1.29, 1.82) is 0 Å². The molecule has 0 saturated carbocycles. The second kappa shape index (κ2) is 10.1. The van der Waals surface area contributed by atoms with E-state index in [0.717, 1.165) is 21.0 Å². The molecule has 0 spiro atoms. The fourth-order valence-corrected chi connectivity index (χ4v) is 4.68. The first kappa shape index (κ1) is 23.0. The number of carbonyl (C=O) groups is 1. The summed E-state index contributed by atoms with van der Waals surface area (Å²) in [5.74, 6) is 0.0962. The van der Waals surface area contributed by atoms with Crippen LogP contribution in [-0.2, 0) is 14.8 Å². The van der Waals surface area contributed by atoms with Crippen molar-refractivity contribution in [3.63, 3.8) is 0 Å². The second-order valence-corrected chi connectivity index (χ2v) is 9.05. The number of nitrogens with zero attached hydrogens (tertiary/aromatic N) is 2. The molecule has 7 nitrogen and oxygen atoms in total. The lowest BCUT2D eigenvalue weighted by Crippen LogP contribution is -2.40. The summed E-state index contributed by atoms with van der Waals surface area (Å²) in [7, 11) is -2.40. The Labute approximate surface area is 188 Å². The van der Waals surface area contributed by atoms with E-state index in [4.69, 9.17) is 4.74 Å². The number of rotatable bonds is 8. The molecule has 3 rings (SSSR count). The quantitative estimate of drug-likeness (QED) is 0.418. The van der Waals surface area contributed by atoms with Crippen molar-refractivity contribution in [3.8, 4) is 5.75 Å². The highest BCUT2D eigenvalue weighted by molar-refractivity contribution is 7.92. The summed E-state index contributed by atoms with van der Waals surface area (Å²) in [5, 5.41) is 3.95. The van der Waals surface area contributed by atoms with Crippen molar-refractivity contribution >= 4 is 27.8 Å². The van der Waals surface area contributed by atoms with Crippen molar-refractivity contribution in [2.75, 3.05) is 18.0 Å². The summed E-state index contributed by atoms with van der Waals surface area (Å²) < 4.78 is 33.0. The fourth-order valence-electron chi connectivity index (χ4n) is 3.17. The molecule has 3 aromatic rings. The number of anilines is 1. The molecule has 32 heavy (non-hydrogen) atoms. The molecule has 3 aromatic carbocycles. The number of hydrogen-bond acceptors (Lipinski definition) is 5. The van der Waals surface area contributed by atoms with Gasteiger partial charge in [-0.1, -0.05) is 48.0 Å². The molecule has 0 unspecified atom stereocenters. The summed E-state index contributed by atoms with van der Waals surface area (Å²) in [4.78, 5) is 12.7. The minimum atomic E-state index is -3.97. The highest BCUT2D eigenvalue weighted by atomic mass is 32.2. The smallest absolute Gasteiger partial charge is 0.264 e. The van der Waals surface area contributed by atoms with Gasteiger partial charge in [0.05, 0.1) is 23.9 Å². The number of hydrazone groups is 1. The lowest BCUT2D eigenvalue weighted by molar-refractivity contribution is -0.119. The van der Waals surface area contributed by atoms with Crippen LogP contribution in [-0.4, -0.2) is 34.2 Å². The first-order chi connectivity index (χ1) is 15.3. The predicted octanol–water partition coefficient (Wildman–Crippen LogP) is 3.66. The number of amides is 1. The summed E-state index contributed by atoms with van der Waals surface area (Å²) in [6.45, 7) is 3.32. The molecule has 0 aromatic heterocycles. The molecule has 1 amide bonds. The van der Waals surface area contributed by atoms with Gasteiger partial charge in [-0.25, -0.2) is 13.8 Å². The zero-order valence-electron chi connectivity index (χ0n) is 18.1. The Morgan fingerprint density at radius 3 is 2.47 bits per heavy atom. The van der Waals surface area contributed by atoms with Crippen LogP contribution in [0.3, 0.4) is 0 Å². The molecule has 0 aliphatic heterocycles. The van der Waals surface area contributed by atoms with Gasteiger partial charge in [0.2, 0.25) is 0 Å². The third-order valence-corrected chi connectivity index (χ3v) is 6.51. The molecule has 0 heterocycles. The number of hydrogen-bond donors (Lipinski definition) is 1. The Morgan fingerprint density at radius 1 is 1.03 bits per heavy atom. The largest absolute Gasteiger partial charge is 0.497 e. The number of nitrogens with one attached hydrogen (secondary N) is 1. The molecule has 0 aliphatic rings. The van der Waals surface area contributed by atoms with Crippen LogP contribution in [0.15, 0.2) is 82.8 Å². The van der Waals surface area contributed by atoms with Crippen LogP contribution in [0.2, 0.25) is 0 Å². The average molecular weight is 452 g/mol. The van der Waals surface area contributed by atoms with Crippen LogP contribution in [0.25, 0.3) is 0 Å². The van der Waals surface area contributed by atoms with Gasteiger partial charge in [0.1, 0.15) is 12.3 Å². The summed E-state index contributed by atoms with van der Waals surface area (Å²) in [5.41, 5.74) is 5.32. The van der Waals surface area contributed by atoms with Gasteiger partial charge in [-0.15, -0.1) is 0 Å². The van der Waals surface area contributed by atoms with Gasteiger partial charge in [-0.2, -0.15) is 5.10 Å². The molecule has 166 valence electrons. The molecule has 0 radical (unpaired) electrons. The monoisotopic (exact) mass is 451 g/mol. The molecule has 1 N–H and O–H groups in total. The second-order valence-electron chi connectivity index (χ2n) is 7.18. The van der Waals surface area contributed by atoms with Gasteiger partial charge in [0.15, 0.2) is 0 Å². The predicted molar refractivity (Wildman–Crippen MR) is 126 cm³/mol. The van der Waals surface area contributed by atoms with Gasteiger partial charge < -0.3 is 4.74 Å². The normalized spacial score (nSPS) is 11.3. The molecule has 0 atom stereocenters. The highest BCUT2D eigenvalue weighted by Crippen LogP contribution is 2.27. The van der Waals surface area contributed by atoms with Crippen molar-refractivity contribution in [1.82, 2.24) is 5.43 Å². The summed E-state index contributed by atoms with van der Waals surface area (Å²) in [6, 6.07) is 20.6. The van der Waals surface area contributed by atoms with E-state index in [1.807, 2.05) is 26.0 Å². The summed E-state index contributed by atoms with van der Waals surface area (Å²) in [6.07, 6.45) is 1.47. The van der Waals surface area contributed by atoms with Crippen LogP contribution >= 0.6 is 0 Å². The first-order valence-electron chi connectivity index (χ1n) is 9.92. The molecule has 0 aliphatic carbocycles. The number of sulfonamides is 1. The van der Waals surface area contributed by atoms with Gasteiger partial charge in [-0.3, -0.25) is 9.10 Å². The maximum atomic E-state index is 13.4. The molecular formula is C24H25N3O4S. The van der Waals surface area contributed by atoms with Gasteiger partial charge >= 0.3 is 0 Å². The van der Waals surface area contributed by atoms with Crippen LogP contribution in [0.1, 0.15) is 16.7 Å². The lowest BCUT2D eigenvalue weighted by Gasteiger charge is -2.25. The third kappa shape index (κ3) is 5.53. The molecule has 0 bridgehead atoms. The number of carbonyl (C=O) groups excluding carboxylic acids is 1. The van der Waals surface area contributed by atoms with Crippen molar-refractivity contribution < 1.29 is 17.9 Å². The van der Waals surface area contributed by atoms with Crippen LogP contribution in [0.5, 0.6) is 5.75 Å². The maximum Gasteiger partial charge on any atom is 0.264 e. The molecule has 0 fully saturated rings. The number of benzene rings is 3. The fraction of sp³-hybridized carbons (Fsp3) is 0.167. The lowest BCUT2D eigenvalue weighted by atomic mass is 10.1. The third-order valence-electron chi connectivity index (χ3n) is 4.74. The number of ether oxygens (including phenoxy) is 1. The van der Waals surface area contributed by atoms with E-state index in [2.05, 4.69) is 10.5 Å². The van der Waals surface area contributed by atoms with E-state index >= 15 is 0 Å². The van der Waals surface area contributed by atoms with E-state index in [1.54, 1.807) is 55.6 Å². The van der Waals surface area contributed by atoms with Gasteiger partial charge in [-0.05, 0) is 55.3 Å². The van der Waals surface area contributed by atoms with Crippen molar-refractivity contribution in [3.05, 3.63) is 89.5 Å². The Morgan fingerprint density at radius 2 is 1.78 bits per heavy atom. The standard InChI is InChI=1S/C24H25N3O4S/c1-18-12-13-23(19(2)14-18)27(32(29,30)22-10-5-4-6-11-22)17-24(28)26-25-16-20-8-7-9-21(15-20)31-3/h4-16H,17H2,1-3H3,(H,26,28). The van der Waals surface area contributed by atoms with Crippen LogP contribution in [0, 0.1) is 13.8 Å². The maximum absolute atomic E-state index is 13.4. The Hall–Kier alpha value is -3.65. The first-order valence-corrected chi connectivity index (χ1v) is 11.4. The van der Waals surface area contributed by atoms with E-state index in [-0.39, 0.29) is 4.90 Å². The van der Waals surface area contributed by atoms with Gasteiger partial charge in [0.25, 0.3) is 15.9 Å². The summed E-state index contributed by atoms with van der Waals surface area (Å²) >= 11 is 0. The Kier molecular flexibility index (Phi) is 7.27. The number of aryl methyl sites for hydroxylation is 2. The van der Waals surface area contributed by atoms with Crippen LogP contribution in [0.4, 0.5) is 5.69 Å². The van der Waals surface area contributed by atoms with E-state index in [1.165, 1.54) is 18.3 Å². The molecule has 0 saturated heterocycles. The zero-order chi connectivity index (χ0) is 23.1. The van der Waals surface area contributed by atoms with Gasteiger partial charge in [0, 0.05) is 0 Å². The Balaban J connectivity index is 1.85. The topological polar surface area (TPSA) is 88.1 Å². The van der Waals surface area contributed by atoms with E-state index in [9.17, 15) is 13.2 Å². The Bertz CT molecular complexity index is 1230.